The SMILES string of the molecule is CN=C(NCC(C)Oc1ccccc1)NCC(C)c1cccs1.I. The van der Waals surface area contributed by atoms with Crippen LogP contribution in [0.1, 0.15) is 24.6 Å². The lowest BCUT2D eigenvalue weighted by Crippen LogP contribution is -2.42. The maximum atomic E-state index is 5.85. The highest BCUT2D eigenvalue weighted by atomic mass is 127. The van der Waals surface area contributed by atoms with Gasteiger partial charge in [-0.25, -0.2) is 0 Å². The van der Waals surface area contributed by atoms with Gasteiger partial charge in [-0.2, -0.15) is 0 Å². The normalized spacial score (nSPS) is 13.5. The van der Waals surface area contributed by atoms with Crippen LogP contribution in [0, 0.1) is 0 Å². The minimum atomic E-state index is 0. The van der Waals surface area contributed by atoms with Crippen molar-refractivity contribution in [3.8, 4) is 5.75 Å². The molecule has 2 unspecified atom stereocenters. The molecule has 0 saturated carbocycles. The van der Waals surface area contributed by atoms with Gasteiger partial charge in [-0.3, -0.25) is 4.99 Å². The summed E-state index contributed by atoms with van der Waals surface area (Å²) >= 11 is 1.79. The minimum Gasteiger partial charge on any atom is -0.489 e. The minimum absolute atomic E-state index is 0. The Morgan fingerprint density at radius 3 is 2.42 bits per heavy atom. The number of aliphatic imine (C=N–C) groups is 1. The van der Waals surface area contributed by atoms with E-state index in [4.69, 9.17) is 4.74 Å². The summed E-state index contributed by atoms with van der Waals surface area (Å²) in [4.78, 5) is 5.65. The molecule has 2 rings (SSSR count). The molecule has 2 N–H and O–H groups in total. The zero-order valence-corrected chi connectivity index (χ0v) is 17.5. The van der Waals surface area contributed by atoms with Crippen molar-refractivity contribution in [3.63, 3.8) is 0 Å². The van der Waals surface area contributed by atoms with Crippen molar-refractivity contribution >= 4 is 41.3 Å². The van der Waals surface area contributed by atoms with Gasteiger partial charge in [0.15, 0.2) is 5.96 Å². The second-order valence-electron chi connectivity index (χ2n) is 5.49. The summed E-state index contributed by atoms with van der Waals surface area (Å²) in [5, 5.41) is 8.79. The van der Waals surface area contributed by atoms with Gasteiger partial charge in [0.1, 0.15) is 11.9 Å². The number of halogens is 1. The first-order valence-electron chi connectivity index (χ1n) is 7.88. The molecular weight excluding hydrogens is 433 g/mol. The molecule has 0 aliphatic heterocycles. The van der Waals surface area contributed by atoms with E-state index in [2.05, 4.69) is 40.1 Å². The molecule has 0 spiro atoms. The van der Waals surface area contributed by atoms with E-state index in [0.717, 1.165) is 18.3 Å². The predicted molar refractivity (Wildman–Crippen MR) is 114 cm³/mol. The summed E-state index contributed by atoms with van der Waals surface area (Å²) in [6.45, 7) is 5.81. The fourth-order valence-corrected chi connectivity index (χ4v) is 2.94. The van der Waals surface area contributed by atoms with Crippen molar-refractivity contribution in [2.45, 2.75) is 25.9 Å². The van der Waals surface area contributed by atoms with E-state index in [9.17, 15) is 0 Å². The maximum absolute atomic E-state index is 5.85. The van der Waals surface area contributed by atoms with Gasteiger partial charge >= 0.3 is 0 Å². The van der Waals surface area contributed by atoms with Gasteiger partial charge < -0.3 is 15.4 Å². The molecule has 0 aliphatic carbocycles. The zero-order chi connectivity index (χ0) is 16.5. The maximum Gasteiger partial charge on any atom is 0.191 e. The molecule has 1 aromatic carbocycles. The summed E-state index contributed by atoms with van der Waals surface area (Å²) in [7, 11) is 1.79. The van der Waals surface area contributed by atoms with Crippen LogP contribution in [-0.2, 0) is 0 Å². The van der Waals surface area contributed by atoms with E-state index < -0.39 is 0 Å². The number of para-hydroxylation sites is 1. The first-order valence-corrected chi connectivity index (χ1v) is 8.76. The van der Waals surface area contributed by atoms with Crippen LogP contribution in [0.25, 0.3) is 0 Å². The van der Waals surface area contributed by atoms with Crippen LogP contribution >= 0.6 is 35.3 Å². The lowest BCUT2D eigenvalue weighted by atomic mass is 10.1. The van der Waals surface area contributed by atoms with Crippen molar-refractivity contribution in [3.05, 3.63) is 52.7 Å². The smallest absolute Gasteiger partial charge is 0.191 e. The molecule has 1 aromatic heterocycles. The first-order chi connectivity index (χ1) is 11.2. The van der Waals surface area contributed by atoms with E-state index in [0.29, 0.717) is 12.5 Å². The van der Waals surface area contributed by atoms with Crippen LogP contribution in [0.4, 0.5) is 0 Å². The topological polar surface area (TPSA) is 45.7 Å². The van der Waals surface area contributed by atoms with E-state index in [1.807, 2.05) is 37.3 Å². The quantitative estimate of drug-likeness (QED) is 0.372. The molecule has 0 amide bonds. The second kappa shape index (κ2) is 11.3. The highest BCUT2D eigenvalue weighted by Crippen LogP contribution is 2.19. The number of hydrogen-bond acceptors (Lipinski definition) is 3. The third kappa shape index (κ3) is 7.09. The largest absolute Gasteiger partial charge is 0.489 e. The number of rotatable bonds is 7. The second-order valence-corrected chi connectivity index (χ2v) is 6.47. The molecule has 0 bridgehead atoms. The molecule has 6 heteroatoms. The Balaban J connectivity index is 0.00000288. The third-order valence-electron chi connectivity index (χ3n) is 3.47. The molecule has 4 nitrogen and oxygen atoms in total. The molecule has 0 aliphatic rings. The van der Waals surface area contributed by atoms with Crippen LogP contribution in [-0.4, -0.2) is 32.2 Å². The fourth-order valence-electron chi connectivity index (χ4n) is 2.16. The number of benzene rings is 1. The van der Waals surface area contributed by atoms with E-state index in [1.54, 1.807) is 18.4 Å². The summed E-state index contributed by atoms with van der Waals surface area (Å²) in [6.07, 6.45) is 0.0608. The lowest BCUT2D eigenvalue weighted by Gasteiger charge is -2.19. The van der Waals surface area contributed by atoms with Crippen LogP contribution in [0.15, 0.2) is 52.8 Å². The molecule has 0 saturated heterocycles. The third-order valence-corrected chi connectivity index (χ3v) is 4.57. The zero-order valence-electron chi connectivity index (χ0n) is 14.4. The van der Waals surface area contributed by atoms with E-state index in [1.165, 1.54) is 4.88 Å². The molecule has 0 fully saturated rings. The van der Waals surface area contributed by atoms with Crippen molar-refractivity contribution < 1.29 is 4.74 Å². The Bertz CT molecular complexity index is 590. The molecule has 1 heterocycles. The molecule has 132 valence electrons. The summed E-state index contributed by atoms with van der Waals surface area (Å²) in [6, 6.07) is 14.1. The van der Waals surface area contributed by atoms with Gasteiger partial charge in [0, 0.05) is 24.4 Å². The molecule has 2 atom stereocenters. The van der Waals surface area contributed by atoms with Gasteiger partial charge in [-0.05, 0) is 30.5 Å². The number of nitrogens with one attached hydrogen (secondary N) is 2. The molecule has 2 aromatic rings. The number of guanidine groups is 1. The van der Waals surface area contributed by atoms with Gasteiger partial charge in [0.2, 0.25) is 0 Å². The Labute approximate surface area is 165 Å². The Hall–Kier alpha value is -1.28. The highest BCUT2D eigenvalue weighted by Gasteiger charge is 2.09. The van der Waals surface area contributed by atoms with Gasteiger partial charge in [0.05, 0.1) is 6.54 Å². The van der Waals surface area contributed by atoms with Gasteiger partial charge in [0.25, 0.3) is 0 Å². The van der Waals surface area contributed by atoms with Crippen LogP contribution in [0.2, 0.25) is 0 Å². The predicted octanol–water partition coefficient (Wildman–Crippen LogP) is 4.10. The van der Waals surface area contributed by atoms with Gasteiger partial charge in [-0.1, -0.05) is 31.2 Å². The summed E-state index contributed by atoms with van der Waals surface area (Å²) in [5.74, 6) is 2.15. The van der Waals surface area contributed by atoms with Crippen LogP contribution < -0.4 is 15.4 Å². The highest BCUT2D eigenvalue weighted by molar-refractivity contribution is 14.0. The Morgan fingerprint density at radius 2 is 1.79 bits per heavy atom. The van der Waals surface area contributed by atoms with Crippen molar-refractivity contribution in [2.24, 2.45) is 4.99 Å². The van der Waals surface area contributed by atoms with Crippen molar-refractivity contribution in [1.82, 2.24) is 10.6 Å². The van der Waals surface area contributed by atoms with Crippen LogP contribution in [0.5, 0.6) is 5.75 Å². The molecular formula is C18H26IN3OS. The number of nitrogens with zero attached hydrogens (tertiary/aromatic N) is 1. The summed E-state index contributed by atoms with van der Waals surface area (Å²) < 4.78 is 5.85. The number of ether oxygens (including phenoxy) is 1. The van der Waals surface area contributed by atoms with Gasteiger partial charge in [-0.15, -0.1) is 35.3 Å². The van der Waals surface area contributed by atoms with E-state index >= 15 is 0 Å². The molecule has 24 heavy (non-hydrogen) atoms. The summed E-state index contributed by atoms with van der Waals surface area (Å²) in [5.41, 5.74) is 0. The standard InChI is InChI=1S/C18H25N3OS.HI/c1-14(17-10-7-11-23-17)12-20-18(19-3)21-13-15(2)22-16-8-5-4-6-9-16;/h4-11,14-15H,12-13H2,1-3H3,(H2,19,20,21);1H. The Kier molecular flexibility index (Phi) is 9.78. The monoisotopic (exact) mass is 459 g/mol. The number of thiophene rings is 1. The fraction of sp³-hybridized carbons (Fsp3) is 0.389. The van der Waals surface area contributed by atoms with Crippen LogP contribution in [0.3, 0.4) is 0 Å². The van der Waals surface area contributed by atoms with Crippen molar-refractivity contribution in [2.75, 3.05) is 20.1 Å². The average Bonchev–Trinajstić information content (AvgIpc) is 3.10. The molecule has 0 radical (unpaired) electrons. The average molecular weight is 459 g/mol. The lowest BCUT2D eigenvalue weighted by molar-refractivity contribution is 0.224. The van der Waals surface area contributed by atoms with Crippen molar-refractivity contribution in [1.29, 1.82) is 0 Å². The van der Waals surface area contributed by atoms with E-state index in [-0.39, 0.29) is 30.1 Å². The Morgan fingerprint density at radius 1 is 1.08 bits per heavy atom. The number of hydrogen-bond donors (Lipinski definition) is 2. The first kappa shape index (κ1) is 20.8.